The average molecular weight is 337 g/mol. The summed E-state index contributed by atoms with van der Waals surface area (Å²) in [7, 11) is -3.78. The lowest BCUT2D eigenvalue weighted by atomic mass is 10.0. The number of benzene rings is 1. The van der Waals surface area contributed by atoms with Crippen LogP contribution in [0.1, 0.15) is 20.8 Å². The highest BCUT2D eigenvalue weighted by Crippen LogP contribution is 2.24. The minimum absolute atomic E-state index is 0.00870. The van der Waals surface area contributed by atoms with Crippen LogP contribution in [0, 0.1) is 0 Å². The molecule has 0 heterocycles. The first-order valence-electron chi connectivity index (χ1n) is 5.33. The number of halogens is 1. The van der Waals surface area contributed by atoms with E-state index >= 15 is 0 Å². The number of hydrogen-bond donors (Lipinski definition) is 3. The molecule has 0 amide bonds. The molecular weight excluding hydrogens is 320 g/mol. The number of rotatable bonds is 4. The Kier molecular flexibility index (Phi) is 4.42. The van der Waals surface area contributed by atoms with Crippen LogP contribution in [0.4, 0.5) is 5.69 Å². The molecule has 0 aliphatic carbocycles. The summed E-state index contributed by atoms with van der Waals surface area (Å²) < 4.78 is 27.5. The fraction of sp³-hybridized carbons (Fsp3) is 0.455. The van der Waals surface area contributed by atoms with Gasteiger partial charge in [0.15, 0.2) is 0 Å². The molecule has 0 aliphatic rings. The number of aliphatic hydroxyl groups excluding tert-OH is 1. The zero-order valence-corrected chi connectivity index (χ0v) is 12.8. The van der Waals surface area contributed by atoms with E-state index in [-0.39, 0.29) is 10.6 Å². The van der Waals surface area contributed by atoms with E-state index in [1.165, 1.54) is 19.1 Å². The molecule has 0 saturated carbocycles. The fourth-order valence-corrected chi connectivity index (χ4v) is 3.37. The number of anilines is 1. The van der Waals surface area contributed by atoms with Gasteiger partial charge in [-0.3, -0.25) is 0 Å². The summed E-state index contributed by atoms with van der Waals surface area (Å²) in [5.74, 6) is 0. The van der Waals surface area contributed by atoms with E-state index in [1.807, 2.05) is 0 Å². The van der Waals surface area contributed by atoms with Crippen molar-refractivity contribution < 1.29 is 13.5 Å². The second-order valence-electron chi connectivity index (χ2n) is 4.69. The lowest BCUT2D eigenvalue weighted by Crippen LogP contribution is -2.50. The van der Waals surface area contributed by atoms with Crippen LogP contribution < -0.4 is 10.5 Å². The zero-order valence-electron chi connectivity index (χ0n) is 10.4. The van der Waals surface area contributed by atoms with Crippen LogP contribution in [-0.2, 0) is 10.0 Å². The van der Waals surface area contributed by atoms with Crippen LogP contribution >= 0.6 is 15.9 Å². The van der Waals surface area contributed by atoms with Crippen LogP contribution in [-0.4, -0.2) is 25.2 Å². The number of sulfonamides is 1. The Morgan fingerprint density at radius 3 is 2.50 bits per heavy atom. The quantitative estimate of drug-likeness (QED) is 0.726. The molecule has 1 unspecified atom stereocenters. The minimum Gasteiger partial charge on any atom is -0.398 e. The third kappa shape index (κ3) is 3.44. The van der Waals surface area contributed by atoms with Crippen molar-refractivity contribution in [2.75, 3.05) is 5.73 Å². The summed E-state index contributed by atoms with van der Waals surface area (Å²) in [5, 5.41) is 9.55. The van der Waals surface area contributed by atoms with Gasteiger partial charge in [0.05, 0.1) is 17.3 Å². The Hall–Kier alpha value is -0.630. The predicted molar refractivity (Wildman–Crippen MR) is 74.6 cm³/mol. The summed E-state index contributed by atoms with van der Waals surface area (Å²) in [4.78, 5) is -0.00870. The van der Waals surface area contributed by atoms with Gasteiger partial charge < -0.3 is 10.8 Å². The van der Waals surface area contributed by atoms with Crippen LogP contribution in [0.3, 0.4) is 0 Å². The molecule has 1 aromatic rings. The van der Waals surface area contributed by atoms with Crippen molar-refractivity contribution in [1.82, 2.24) is 4.72 Å². The van der Waals surface area contributed by atoms with Crippen molar-refractivity contribution in [2.45, 2.75) is 37.3 Å². The van der Waals surface area contributed by atoms with Gasteiger partial charge in [-0.15, -0.1) is 0 Å². The highest BCUT2D eigenvalue weighted by molar-refractivity contribution is 9.10. The van der Waals surface area contributed by atoms with Crippen LogP contribution in [0.15, 0.2) is 27.6 Å². The lowest BCUT2D eigenvalue weighted by molar-refractivity contribution is 0.111. The molecule has 102 valence electrons. The lowest BCUT2D eigenvalue weighted by Gasteiger charge is -2.29. The Morgan fingerprint density at radius 1 is 1.44 bits per heavy atom. The maximum absolute atomic E-state index is 12.2. The SMILES string of the molecule is CC(O)C(C)(C)NS(=O)(=O)c1cc(Br)ccc1N. The van der Waals surface area contributed by atoms with Gasteiger partial charge in [0.25, 0.3) is 0 Å². The maximum Gasteiger partial charge on any atom is 0.243 e. The van der Waals surface area contributed by atoms with Crippen LogP contribution in [0.5, 0.6) is 0 Å². The predicted octanol–water partition coefficient (Wildman–Crippen LogP) is 1.47. The van der Waals surface area contributed by atoms with Crippen molar-refractivity contribution in [2.24, 2.45) is 0 Å². The first kappa shape index (κ1) is 15.4. The van der Waals surface area contributed by atoms with Gasteiger partial charge in [-0.1, -0.05) is 15.9 Å². The average Bonchev–Trinajstić information content (AvgIpc) is 2.19. The van der Waals surface area contributed by atoms with Crippen molar-refractivity contribution in [1.29, 1.82) is 0 Å². The Balaban J connectivity index is 3.19. The summed E-state index contributed by atoms with van der Waals surface area (Å²) in [6, 6.07) is 4.60. The number of nitrogens with one attached hydrogen (secondary N) is 1. The van der Waals surface area contributed by atoms with E-state index in [1.54, 1.807) is 19.9 Å². The molecule has 0 saturated heterocycles. The van der Waals surface area contributed by atoms with E-state index in [0.29, 0.717) is 4.47 Å². The molecular formula is C11H17BrN2O3S. The highest BCUT2D eigenvalue weighted by Gasteiger charge is 2.31. The number of aliphatic hydroxyl groups is 1. The Bertz CT molecular complexity index is 541. The Labute approximate surface area is 116 Å². The summed E-state index contributed by atoms with van der Waals surface area (Å²) in [5.41, 5.74) is 4.85. The van der Waals surface area contributed by atoms with Crippen molar-refractivity contribution in [3.63, 3.8) is 0 Å². The van der Waals surface area contributed by atoms with E-state index < -0.39 is 21.7 Å². The van der Waals surface area contributed by atoms with E-state index in [9.17, 15) is 13.5 Å². The number of hydrogen-bond acceptors (Lipinski definition) is 4. The van der Waals surface area contributed by atoms with Gasteiger partial charge in [0.2, 0.25) is 10.0 Å². The molecule has 0 bridgehead atoms. The van der Waals surface area contributed by atoms with Gasteiger partial charge >= 0.3 is 0 Å². The third-order valence-electron chi connectivity index (χ3n) is 2.71. The van der Waals surface area contributed by atoms with Crippen molar-refractivity contribution in [3.05, 3.63) is 22.7 Å². The normalized spacial score (nSPS) is 14.5. The standard InChI is InChI=1S/C11H17BrN2O3S/c1-7(15)11(2,3)14-18(16,17)10-6-8(12)4-5-9(10)13/h4-7,14-15H,13H2,1-3H3. The van der Waals surface area contributed by atoms with Crippen LogP contribution in [0.25, 0.3) is 0 Å². The summed E-state index contributed by atoms with van der Waals surface area (Å²) in [6.07, 6.45) is -0.833. The number of nitrogen functional groups attached to an aromatic ring is 1. The van der Waals surface area contributed by atoms with Gasteiger partial charge in [-0.05, 0) is 39.0 Å². The molecule has 0 fully saturated rings. The first-order valence-corrected chi connectivity index (χ1v) is 7.61. The van der Waals surface area contributed by atoms with Crippen molar-refractivity contribution >= 4 is 31.6 Å². The zero-order chi connectivity index (χ0) is 14.1. The molecule has 0 aromatic heterocycles. The van der Waals surface area contributed by atoms with E-state index in [2.05, 4.69) is 20.7 Å². The number of nitrogens with two attached hydrogens (primary N) is 1. The maximum atomic E-state index is 12.2. The molecule has 0 spiro atoms. The molecule has 0 radical (unpaired) electrons. The first-order chi connectivity index (χ1) is 8.06. The monoisotopic (exact) mass is 336 g/mol. The Morgan fingerprint density at radius 2 is 2.00 bits per heavy atom. The van der Waals surface area contributed by atoms with Gasteiger partial charge in [0, 0.05) is 4.47 Å². The summed E-state index contributed by atoms with van der Waals surface area (Å²) in [6.45, 7) is 4.72. The van der Waals surface area contributed by atoms with Gasteiger partial charge in [-0.25, -0.2) is 13.1 Å². The topological polar surface area (TPSA) is 92.4 Å². The molecule has 0 aliphatic heterocycles. The molecule has 1 rings (SSSR count). The van der Waals surface area contributed by atoms with Crippen molar-refractivity contribution in [3.8, 4) is 0 Å². The van der Waals surface area contributed by atoms with E-state index in [4.69, 9.17) is 5.73 Å². The third-order valence-corrected chi connectivity index (χ3v) is 4.93. The second-order valence-corrected chi connectivity index (χ2v) is 7.25. The molecule has 4 N–H and O–H groups in total. The van der Waals surface area contributed by atoms with Gasteiger partial charge in [0.1, 0.15) is 4.90 Å². The smallest absolute Gasteiger partial charge is 0.243 e. The summed E-state index contributed by atoms with van der Waals surface area (Å²) >= 11 is 3.20. The molecule has 7 heteroatoms. The largest absolute Gasteiger partial charge is 0.398 e. The molecule has 1 aromatic carbocycles. The molecule has 5 nitrogen and oxygen atoms in total. The van der Waals surface area contributed by atoms with Gasteiger partial charge in [-0.2, -0.15) is 0 Å². The highest BCUT2D eigenvalue weighted by atomic mass is 79.9. The second kappa shape index (κ2) is 5.16. The van der Waals surface area contributed by atoms with Crippen LogP contribution in [0.2, 0.25) is 0 Å². The van der Waals surface area contributed by atoms with E-state index in [0.717, 1.165) is 0 Å². The molecule has 1 atom stereocenters. The molecule has 18 heavy (non-hydrogen) atoms. The fourth-order valence-electron chi connectivity index (χ4n) is 1.23. The minimum atomic E-state index is -3.78.